The number of amides is 1. The molecule has 5 heteroatoms. The Kier molecular flexibility index (Phi) is 6.82. The van der Waals surface area contributed by atoms with Crippen molar-refractivity contribution < 1.29 is 4.79 Å². The van der Waals surface area contributed by atoms with Crippen molar-refractivity contribution >= 4 is 11.7 Å². The van der Waals surface area contributed by atoms with Crippen LogP contribution in [0.3, 0.4) is 0 Å². The minimum absolute atomic E-state index is 0.0842. The van der Waals surface area contributed by atoms with Gasteiger partial charge in [0.1, 0.15) is 5.82 Å². The van der Waals surface area contributed by atoms with Gasteiger partial charge >= 0.3 is 0 Å². The predicted octanol–water partition coefficient (Wildman–Crippen LogP) is 3.25. The first kappa shape index (κ1) is 19.4. The van der Waals surface area contributed by atoms with E-state index in [2.05, 4.69) is 39.2 Å². The van der Waals surface area contributed by atoms with Crippen molar-refractivity contribution in [2.24, 2.45) is 0 Å². The Balaban J connectivity index is 1.55. The molecule has 27 heavy (non-hydrogen) atoms. The number of nitrogens with one attached hydrogen (secondary N) is 1. The van der Waals surface area contributed by atoms with E-state index < -0.39 is 0 Å². The number of piperazine rings is 1. The van der Waals surface area contributed by atoms with Crippen molar-refractivity contribution in [3.05, 3.63) is 60.3 Å². The number of hydrogen-bond donors (Lipinski definition) is 1. The third-order valence-electron chi connectivity index (χ3n) is 5.31. The van der Waals surface area contributed by atoms with Crippen LogP contribution in [0, 0.1) is 0 Å². The maximum Gasteiger partial charge on any atom is 0.237 e. The van der Waals surface area contributed by atoms with Gasteiger partial charge in [0.15, 0.2) is 0 Å². The van der Waals surface area contributed by atoms with Gasteiger partial charge in [0.05, 0.1) is 12.1 Å². The van der Waals surface area contributed by atoms with Crippen molar-refractivity contribution in [2.75, 3.05) is 31.1 Å². The summed E-state index contributed by atoms with van der Waals surface area (Å²) in [6.45, 7) is 7.70. The fourth-order valence-corrected chi connectivity index (χ4v) is 3.63. The van der Waals surface area contributed by atoms with Crippen LogP contribution >= 0.6 is 0 Å². The van der Waals surface area contributed by atoms with Gasteiger partial charge in [-0.05, 0) is 31.0 Å². The van der Waals surface area contributed by atoms with Crippen LogP contribution in [0.1, 0.15) is 38.3 Å². The summed E-state index contributed by atoms with van der Waals surface area (Å²) in [4.78, 5) is 21.9. The Labute approximate surface area is 162 Å². The average Bonchev–Trinajstić information content (AvgIpc) is 2.74. The fraction of sp³-hybridized carbons (Fsp3) is 0.455. The van der Waals surface area contributed by atoms with Crippen molar-refractivity contribution in [3.8, 4) is 0 Å². The van der Waals surface area contributed by atoms with Gasteiger partial charge in [-0.1, -0.05) is 49.7 Å². The summed E-state index contributed by atoms with van der Waals surface area (Å²) in [5.74, 6) is 1.13. The molecule has 2 atom stereocenters. The van der Waals surface area contributed by atoms with Gasteiger partial charge in [-0.3, -0.25) is 9.69 Å². The molecule has 0 radical (unpaired) electrons. The summed E-state index contributed by atoms with van der Waals surface area (Å²) in [5, 5.41) is 3.27. The standard InChI is InChI=1S/C22H30N4O/c1-3-9-20(19-10-5-4-6-11-19)24-22(27)18(2)25-14-16-26(17-15-25)21-12-7-8-13-23-21/h4-8,10-13,18,20H,3,9,14-17H2,1-2H3,(H,24,27)/t18-,20+/m1/s1. The number of carbonyl (C=O) groups is 1. The van der Waals surface area contributed by atoms with Crippen LogP contribution in [0.4, 0.5) is 5.82 Å². The van der Waals surface area contributed by atoms with E-state index in [0.717, 1.165) is 44.8 Å². The van der Waals surface area contributed by atoms with Crippen LogP contribution < -0.4 is 10.2 Å². The zero-order valence-corrected chi connectivity index (χ0v) is 16.3. The highest BCUT2D eigenvalue weighted by Crippen LogP contribution is 2.19. The number of pyridine rings is 1. The molecule has 0 spiro atoms. The predicted molar refractivity (Wildman–Crippen MR) is 110 cm³/mol. The number of nitrogens with zero attached hydrogens (tertiary/aromatic N) is 3. The van der Waals surface area contributed by atoms with E-state index in [9.17, 15) is 4.79 Å². The molecule has 2 aromatic rings. The van der Waals surface area contributed by atoms with Gasteiger partial charge in [-0.2, -0.15) is 0 Å². The normalized spacial score (nSPS) is 17.3. The molecule has 1 aliphatic heterocycles. The topological polar surface area (TPSA) is 48.5 Å². The summed E-state index contributed by atoms with van der Waals surface area (Å²) >= 11 is 0. The summed E-state index contributed by atoms with van der Waals surface area (Å²) in [6.07, 6.45) is 3.82. The monoisotopic (exact) mass is 366 g/mol. The maximum atomic E-state index is 12.9. The second-order valence-corrected chi connectivity index (χ2v) is 7.15. The maximum absolute atomic E-state index is 12.9. The van der Waals surface area contributed by atoms with E-state index in [0.29, 0.717) is 0 Å². The zero-order chi connectivity index (χ0) is 19.1. The molecule has 5 nitrogen and oxygen atoms in total. The van der Waals surface area contributed by atoms with Crippen LogP contribution in [0.5, 0.6) is 0 Å². The lowest BCUT2D eigenvalue weighted by molar-refractivity contribution is -0.126. The van der Waals surface area contributed by atoms with Gasteiger partial charge in [0.2, 0.25) is 5.91 Å². The van der Waals surface area contributed by atoms with Crippen molar-refractivity contribution in [2.45, 2.75) is 38.8 Å². The first-order chi connectivity index (χ1) is 13.2. The Hall–Kier alpha value is -2.40. The Morgan fingerprint density at radius 2 is 1.78 bits per heavy atom. The molecule has 0 bridgehead atoms. The molecule has 1 amide bonds. The number of anilines is 1. The third-order valence-corrected chi connectivity index (χ3v) is 5.31. The number of benzene rings is 1. The number of carbonyl (C=O) groups excluding carboxylic acids is 1. The Morgan fingerprint density at radius 1 is 1.07 bits per heavy atom. The molecule has 2 heterocycles. The van der Waals surface area contributed by atoms with E-state index in [1.54, 1.807) is 0 Å². The van der Waals surface area contributed by atoms with E-state index in [4.69, 9.17) is 0 Å². The lowest BCUT2D eigenvalue weighted by Gasteiger charge is -2.38. The van der Waals surface area contributed by atoms with Gasteiger partial charge < -0.3 is 10.2 Å². The quantitative estimate of drug-likeness (QED) is 0.817. The molecule has 1 aliphatic rings. The second kappa shape index (κ2) is 9.51. The lowest BCUT2D eigenvalue weighted by Crippen LogP contribution is -2.54. The highest BCUT2D eigenvalue weighted by molar-refractivity contribution is 5.81. The van der Waals surface area contributed by atoms with Crippen LogP contribution in [-0.2, 0) is 4.79 Å². The highest BCUT2D eigenvalue weighted by atomic mass is 16.2. The molecule has 1 N–H and O–H groups in total. The molecule has 1 fully saturated rings. The van der Waals surface area contributed by atoms with E-state index in [-0.39, 0.29) is 18.0 Å². The van der Waals surface area contributed by atoms with Crippen LogP contribution in [0.2, 0.25) is 0 Å². The lowest BCUT2D eigenvalue weighted by atomic mass is 10.0. The molecular weight excluding hydrogens is 336 g/mol. The number of hydrogen-bond acceptors (Lipinski definition) is 4. The number of aromatic nitrogens is 1. The zero-order valence-electron chi connectivity index (χ0n) is 16.3. The molecule has 1 saturated heterocycles. The third kappa shape index (κ3) is 5.07. The molecule has 0 unspecified atom stereocenters. The largest absolute Gasteiger partial charge is 0.354 e. The molecular formula is C22H30N4O. The summed E-state index contributed by atoms with van der Waals surface area (Å²) in [6, 6.07) is 16.2. The summed E-state index contributed by atoms with van der Waals surface area (Å²) < 4.78 is 0. The molecule has 3 rings (SSSR count). The molecule has 0 aliphatic carbocycles. The van der Waals surface area contributed by atoms with Gasteiger partial charge in [-0.15, -0.1) is 0 Å². The summed E-state index contributed by atoms with van der Waals surface area (Å²) in [7, 11) is 0. The minimum atomic E-state index is -0.126. The van der Waals surface area contributed by atoms with Gasteiger partial charge in [0, 0.05) is 32.4 Å². The van der Waals surface area contributed by atoms with E-state index >= 15 is 0 Å². The van der Waals surface area contributed by atoms with Gasteiger partial charge in [0.25, 0.3) is 0 Å². The fourth-order valence-electron chi connectivity index (χ4n) is 3.63. The SMILES string of the molecule is CCC[C@H](NC(=O)[C@@H](C)N1CCN(c2ccccn2)CC1)c1ccccc1. The van der Waals surface area contributed by atoms with Crippen molar-refractivity contribution in [1.29, 1.82) is 0 Å². The first-order valence-corrected chi connectivity index (χ1v) is 9.94. The van der Waals surface area contributed by atoms with Crippen LogP contribution in [0.15, 0.2) is 54.7 Å². The Bertz CT molecular complexity index is 699. The smallest absolute Gasteiger partial charge is 0.237 e. The number of rotatable bonds is 7. The average molecular weight is 367 g/mol. The highest BCUT2D eigenvalue weighted by Gasteiger charge is 2.27. The minimum Gasteiger partial charge on any atom is -0.354 e. The first-order valence-electron chi connectivity index (χ1n) is 9.94. The molecule has 1 aromatic carbocycles. The van der Waals surface area contributed by atoms with E-state index in [1.807, 2.05) is 49.5 Å². The van der Waals surface area contributed by atoms with Gasteiger partial charge in [-0.25, -0.2) is 4.98 Å². The van der Waals surface area contributed by atoms with Crippen molar-refractivity contribution in [1.82, 2.24) is 15.2 Å². The van der Waals surface area contributed by atoms with Crippen LogP contribution in [0.25, 0.3) is 0 Å². The molecule has 0 saturated carbocycles. The Morgan fingerprint density at radius 3 is 2.41 bits per heavy atom. The molecule has 1 aromatic heterocycles. The van der Waals surface area contributed by atoms with Crippen LogP contribution in [-0.4, -0.2) is 48.0 Å². The van der Waals surface area contributed by atoms with E-state index in [1.165, 1.54) is 5.56 Å². The van der Waals surface area contributed by atoms with Crippen molar-refractivity contribution in [3.63, 3.8) is 0 Å². The second-order valence-electron chi connectivity index (χ2n) is 7.15. The summed E-state index contributed by atoms with van der Waals surface area (Å²) in [5.41, 5.74) is 1.18. The molecule has 144 valence electrons.